The second kappa shape index (κ2) is 12.5. The molecule has 0 bridgehead atoms. The summed E-state index contributed by atoms with van der Waals surface area (Å²) in [5.41, 5.74) is 0.993. The summed E-state index contributed by atoms with van der Waals surface area (Å²) in [6.07, 6.45) is 3.50. The van der Waals surface area contributed by atoms with E-state index in [2.05, 4.69) is 22.5 Å². The largest absolute Gasteiger partial charge is 0.356 e. The van der Waals surface area contributed by atoms with E-state index in [4.69, 9.17) is 0 Å². The van der Waals surface area contributed by atoms with Gasteiger partial charge in [-0.2, -0.15) is 0 Å². The number of nitrogens with one attached hydrogen (secondary N) is 2. The van der Waals surface area contributed by atoms with Crippen LogP contribution < -0.4 is 10.6 Å². The maximum Gasteiger partial charge on any atom is 0.269 e. The van der Waals surface area contributed by atoms with Gasteiger partial charge in [0.05, 0.1) is 11.5 Å². The minimum Gasteiger partial charge on any atom is -0.356 e. The number of benzene rings is 1. The van der Waals surface area contributed by atoms with E-state index in [0.29, 0.717) is 13.0 Å². The van der Waals surface area contributed by atoms with E-state index in [0.717, 1.165) is 57.0 Å². The van der Waals surface area contributed by atoms with E-state index >= 15 is 0 Å². The molecule has 0 atom stereocenters. The number of likely N-dealkylation sites (tertiary alicyclic amines) is 1. The maximum atomic E-state index is 11.6. The zero-order chi connectivity index (χ0) is 18.8. The molecule has 1 heterocycles. The Labute approximate surface area is 177 Å². The zero-order valence-electron chi connectivity index (χ0n) is 15.6. The summed E-state index contributed by atoms with van der Waals surface area (Å²) in [6.45, 7) is 5.72. The van der Waals surface area contributed by atoms with Crippen LogP contribution in [0.3, 0.4) is 0 Å². The third-order valence-electron chi connectivity index (χ3n) is 4.18. The Morgan fingerprint density at radius 1 is 1.26 bits per heavy atom. The first kappa shape index (κ1) is 23.1. The first-order valence-corrected chi connectivity index (χ1v) is 9.13. The lowest BCUT2D eigenvalue weighted by molar-refractivity contribution is -0.384. The van der Waals surface area contributed by atoms with Gasteiger partial charge in [-0.3, -0.25) is 14.9 Å². The van der Waals surface area contributed by atoms with Gasteiger partial charge in [-0.15, -0.1) is 24.0 Å². The number of carbonyl (C=O) groups is 1. The minimum atomic E-state index is -0.409. The number of nitro groups is 1. The average Bonchev–Trinajstić information content (AvgIpc) is 3.05. The van der Waals surface area contributed by atoms with Gasteiger partial charge in [-0.1, -0.05) is 19.1 Å². The normalized spacial score (nSPS) is 14.0. The quantitative estimate of drug-likeness (QED) is 0.139. The Bertz CT molecular complexity index is 636. The molecule has 0 radical (unpaired) electrons. The number of aliphatic imine (C=N–C) groups is 1. The van der Waals surface area contributed by atoms with Gasteiger partial charge in [-0.05, 0) is 24.8 Å². The molecule has 1 aromatic carbocycles. The molecule has 1 saturated heterocycles. The highest BCUT2D eigenvalue weighted by atomic mass is 127. The van der Waals surface area contributed by atoms with Crippen molar-refractivity contribution in [1.29, 1.82) is 0 Å². The van der Waals surface area contributed by atoms with Crippen molar-refractivity contribution >= 4 is 41.5 Å². The molecule has 1 aliphatic heterocycles. The lowest BCUT2D eigenvalue weighted by atomic mass is 10.2. The average molecular weight is 489 g/mol. The molecule has 1 fully saturated rings. The fraction of sp³-hybridized carbons (Fsp3) is 0.556. The minimum absolute atomic E-state index is 0. The first-order chi connectivity index (χ1) is 12.6. The SMILES string of the molecule is CCCNC(=NCc1ccc([N+](=O)[O-])cc1)NCCCN1CCCC1=O.I. The number of hydrogen-bond acceptors (Lipinski definition) is 4. The monoisotopic (exact) mass is 489 g/mol. The van der Waals surface area contributed by atoms with E-state index in [9.17, 15) is 14.9 Å². The molecule has 1 aliphatic rings. The van der Waals surface area contributed by atoms with Gasteiger partial charge < -0.3 is 15.5 Å². The Morgan fingerprint density at radius 2 is 1.96 bits per heavy atom. The molecule has 2 N–H and O–H groups in total. The van der Waals surface area contributed by atoms with Crippen molar-refractivity contribution in [1.82, 2.24) is 15.5 Å². The zero-order valence-corrected chi connectivity index (χ0v) is 18.0. The van der Waals surface area contributed by atoms with Gasteiger partial charge in [-0.25, -0.2) is 4.99 Å². The molecular weight excluding hydrogens is 461 g/mol. The van der Waals surface area contributed by atoms with Crippen LogP contribution in [0.2, 0.25) is 0 Å². The summed E-state index contributed by atoms with van der Waals surface area (Å²) in [7, 11) is 0. The van der Waals surface area contributed by atoms with Crippen LogP contribution in [0.25, 0.3) is 0 Å². The molecule has 0 aliphatic carbocycles. The summed E-state index contributed by atoms with van der Waals surface area (Å²) in [5, 5.41) is 17.2. The Kier molecular flexibility index (Phi) is 10.7. The van der Waals surface area contributed by atoms with Gasteiger partial charge in [0, 0.05) is 44.7 Å². The molecule has 1 aromatic rings. The fourth-order valence-electron chi connectivity index (χ4n) is 2.73. The summed E-state index contributed by atoms with van der Waals surface area (Å²) in [5.74, 6) is 0.971. The van der Waals surface area contributed by atoms with Crippen molar-refractivity contribution < 1.29 is 9.72 Å². The molecule has 1 amide bonds. The molecule has 27 heavy (non-hydrogen) atoms. The highest BCUT2D eigenvalue weighted by molar-refractivity contribution is 14.0. The Hall–Kier alpha value is -1.91. The second-order valence-electron chi connectivity index (χ2n) is 6.28. The third kappa shape index (κ3) is 8.10. The molecular formula is C18H28IN5O3. The first-order valence-electron chi connectivity index (χ1n) is 9.13. The van der Waals surface area contributed by atoms with Crippen LogP contribution in [0.1, 0.15) is 38.2 Å². The predicted octanol–water partition coefficient (Wildman–Crippen LogP) is 2.67. The van der Waals surface area contributed by atoms with Crippen LogP contribution in [0.15, 0.2) is 29.3 Å². The van der Waals surface area contributed by atoms with E-state index in [-0.39, 0.29) is 35.6 Å². The van der Waals surface area contributed by atoms with Crippen molar-refractivity contribution in [3.05, 3.63) is 39.9 Å². The highest BCUT2D eigenvalue weighted by Gasteiger charge is 2.18. The van der Waals surface area contributed by atoms with Crippen LogP contribution in [0.5, 0.6) is 0 Å². The highest BCUT2D eigenvalue weighted by Crippen LogP contribution is 2.12. The van der Waals surface area contributed by atoms with Gasteiger partial charge in [0.1, 0.15) is 0 Å². The molecule has 2 rings (SSSR count). The number of rotatable bonds is 9. The van der Waals surface area contributed by atoms with Crippen LogP contribution in [0, 0.1) is 10.1 Å². The molecule has 0 saturated carbocycles. The van der Waals surface area contributed by atoms with Crippen molar-refractivity contribution in [3.8, 4) is 0 Å². The number of non-ortho nitro benzene ring substituents is 1. The van der Waals surface area contributed by atoms with E-state index in [1.807, 2.05) is 4.90 Å². The number of carbonyl (C=O) groups excluding carboxylic acids is 1. The van der Waals surface area contributed by atoms with Gasteiger partial charge in [0.2, 0.25) is 5.91 Å². The van der Waals surface area contributed by atoms with Crippen LogP contribution in [-0.4, -0.2) is 47.9 Å². The van der Waals surface area contributed by atoms with E-state index < -0.39 is 4.92 Å². The number of guanidine groups is 1. The Balaban J connectivity index is 0.00000364. The number of nitrogens with zero attached hydrogens (tertiary/aromatic N) is 3. The van der Waals surface area contributed by atoms with Gasteiger partial charge >= 0.3 is 0 Å². The standard InChI is InChI=1S/C18H27N5O3.HI/c1-2-10-19-18(20-11-4-13-22-12-3-5-17(22)24)21-14-15-6-8-16(9-7-15)23(25)26;/h6-9H,2-5,10-14H2,1H3,(H2,19,20,21);1H. The molecule has 0 spiro atoms. The van der Waals surface area contributed by atoms with E-state index in [1.165, 1.54) is 12.1 Å². The summed E-state index contributed by atoms with van der Waals surface area (Å²) >= 11 is 0. The number of nitro benzene ring substituents is 1. The topological polar surface area (TPSA) is 99.9 Å². The fourth-order valence-corrected chi connectivity index (χ4v) is 2.73. The third-order valence-corrected chi connectivity index (χ3v) is 4.18. The van der Waals surface area contributed by atoms with Crippen molar-refractivity contribution in [3.63, 3.8) is 0 Å². The number of hydrogen-bond donors (Lipinski definition) is 2. The van der Waals surface area contributed by atoms with Crippen LogP contribution in [0.4, 0.5) is 5.69 Å². The van der Waals surface area contributed by atoms with Gasteiger partial charge in [0.25, 0.3) is 5.69 Å². The number of halogens is 1. The Morgan fingerprint density at radius 3 is 2.56 bits per heavy atom. The molecule has 0 unspecified atom stereocenters. The molecule has 0 aromatic heterocycles. The lowest BCUT2D eigenvalue weighted by Gasteiger charge is -2.16. The molecule has 9 heteroatoms. The van der Waals surface area contributed by atoms with Crippen molar-refractivity contribution in [2.75, 3.05) is 26.2 Å². The number of amides is 1. The van der Waals surface area contributed by atoms with Crippen LogP contribution in [-0.2, 0) is 11.3 Å². The van der Waals surface area contributed by atoms with Gasteiger partial charge in [0.15, 0.2) is 5.96 Å². The van der Waals surface area contributed by atoms with E-state index in [1.54, 1.807) is 12.1 Å². The van der Waals surface area contributed by atoms with Crippen molar-refractivity contribution in [2.24, 2.45) is 4.99 Å². The predicted molar refractivity (Wildman–Crippen MR) is 116 cm³/mol. The summed E-state index contributed by atoms with van der Waals surface area (Å²) in [6, 6.07) is 6.42. The lowest BCUT2D eigenvalue weighted by Crippen LogP contribution is -2.39. The maximum absolute atomic E-state index is 11.6. The smallest absolute Gasteiger partial charge is 0.269 e. The second-order valence-corrected chi connectivity index (χ2v) is 6.28. The summed E-state index contributed by atoms with van der Waals surface area (Å²) < 4.78 is 0. The molecule has 150 valence electrons. The summed E-state index contributed by atoms with van der Waals surface area (Å²) in [4.78, 5) is 28.3. The van der Waals surface area contributed by atoms with Crippen molar-refractivity contribution in [2.45, 2.75) is 39.2 Å². The molecule has 8 nitrogen and oxygen atoms in total. The van der Waals surface area contributed by atoms with Crippen LogP contribution >= 0.6 is 24.0 Å².